The molecule has 1 aliphatic heterocycles. The van der Waals surface area contributed by atoms with Crippen molar-refractivity contribution in [2.45, 2.75) is 12.0 Å². The molecule has 126 valence electrons. The quantitative estimate of drug-likeness (QED) is 0.936. The van der Waals surface area contributed by atoms with Crippen molar-refractivity contribution in [3.05, 3.63) is 65.7 Å². The van der Waals surface area contributed by atoms with Gasteiger partial charge in [0.2, 0.25) is 0 Å². The molecule has 0 aromatic heterocycles. The second kappa shape index (κ2) is 6.67. The summed E-state index contributed by atoms with van der Waals surface area (Å²) in [5, 5.41) is 9.44. The molecule has 1 saturated heterocycles. The summed E-state index contributed by atoms with van der Waals surface area (Å²) in [5.74, 6) is -2.17. The van der Waals surface area contributed by atoms with Crippen molar-refractivity contribution in [3.8, 4) is 0 Å². The maximum atomic E-state index is 13.7. The molecule has 0 aliphatic carbocycles. The van der Waals surface area contributed by atoms with E-state index in [1.165, 1.54) is 6.07 Å². The van der Waals surface area contributed by atoms with Gasteiger partial charge in [-0.15, -0.1) is 0 Å². The van der Waals surface area contributed by atoms with Crippen LogP contribution in [-0.2, 0) is 15.1 Å². The summed E-state index contributed by atoms with van der Waals surface area (Å²) in [5.41, 5.74) is -0.00729. The minimum Gasteiger partial charge on any atom is -0.396 e. The molecule has 0 bridgehead atoms. The lowest BCUT2D eigenvalue weighted by Crippen LogP contribution is -2.53. The molecule has 0 saturated carbocycles. The Morgan fingerprint density at radius 3 is 2.54 bits per heavy atom. The van der Waals surface area contributed by atoms with Gasteiger partial charge in [-0.2, -0.15) is 0 Å². The standard InChI is InChI=1S/C18H17F2NO3/c19-15-7-6-13(10-16(15)20)18(8-9-22)12-21(17(23)11-24-18)14-4-2-1-3-5-14/h1-7,10,22H,8-9,11-12H2. The molecular formula is C18H17F2NO3. The number of benzene rings is 2. The second-order valence-electron chi connectivity index (χ2n) is 5.70. The lowest BCUT2D eigenvalue weighted by Gasteiger charge is -2.42. The Labute approximate surface area is 138 Å². The zero-order chi connectivity index (χ0) is 17.2. The largest absolute Gasteiger partial charge is 0.396 e. The average molecular weight is 333 g/mol. The Balaban J connectivity index is 2.00. The number of amides is 1. The topological polar surface area (TPSA) is 49.8 Å². The Bertz CT molecular complexity index is 738. The minimum absolute atomic E-state index is 0.113. The first kappa shape index (κ1) is 16.5. The Morgan fingerprint density at radius 2 is 1.88 bits per heavy atom. The predicted octanol–water partition coefficient (Wildman–Crippen LogP) is 2.61. The van der Waals surface area contributed by atoms with E-state index in [9.17, 15) is 18.7 Å². The summed E-state index contributed by atoms with van der Waals surface area (Å²) >= 11 is 0. The number of morpholine rings is 1. The molecule has 1 N–H and O–H groups in total. The fraction of sp³-hybridized carbons (Fsp3) is 0.278. The number of para-hydroxylation sites is 1. The summed E-state index contributed by atoms with van der Waals surface area (Å²) in [4.78, 5) is 13.8. The van der Waals surface area contributed by atoms with Crippen LogP contribution in [0.5, 0.6) is 0 Å². The van der Waals surface area contributed by atoms with Gasteiger partial charge in [0.1, 0.15) is 12.2 Å². The number of hydrogen-bond donors (Lipinski definition) is 1. The maximum Gasteiger partial charge on any atom is 0.253 e. The van der Waals surface area contributed by atoms with E-state index in [1.807, 2.05) is 18.2 Å². The number of nitrogens with zero attached hydrogens (tertiary/aromatic N) is 1. The number of ether oxygens (including phenoxy) is 1. The molecule has 24 heavy (non-hydrogen) atoms. The van der Waals surface area contributed by atoms with Gasteiger partial charge in [0.15, 0.2) is 11.6 Å². The molecule has 1 atom stereocenters. The van der Waals surface area contributed by atoms with Gasteiger partial charge < -0.3 is 14.7 Å². The van der Waals surface area contributed by atoms with E-state index >= 15 is 0 Å². The number of aliphatic hydroxyl groups is 1. The van der Waals surface area contributed by atoms with Gasteiger partial charge >= 0.3 is 0 Å². The average Bonchev–Trinajstić information content (AvgIpc) is 2.60. The van der Waals surface area contributed by atoms with Gasteiger partial charge in [-0.1, -0.05) is 24.3 Å². The third kappa shape index (κ3) is 3.02. The number of carbonyl (C=O) groups excluding carboxylic acids is 1. The number of hydrogen-bond acceptors (Lipinski definition) is 3. The van der Waals surface area contributed by atoms with Crippen LogP contribution >= 0.6 is 0 Å². The molecule has 2 aromatic rings. The molecule has 1 amide bonds. The highest BCUT2D eigenvalue weighted by atomic mass is 19.2. The van der Waals surface area contributed by atoms with Crippen molar-refractivity contribution in [1.29, 1.82) is 0 Å². The summed E-state index contributed by atoms with van der Waals surface area (Å²) in [7, 11) is 0. The summed E-state index contributed by atoms with van der Waals surface area (Å²) < 4.78 is 32.6. The molecule has 1 unspecified atom stereocenters. The number of halogens is 2. The third-order valence-corrected chi connectivity index (χ3v) is 4.22. The van der Waals surface area contributed by atoms with E-state index in [-0.39, 0.29) is 32.1 Å². The molecule has 4 nitrogen and oxygen atoms in total. The van der Waals surface area contributed by atoms with Crippen LogP contribution in [0.25, 0.3) is 0 Å². The van der Waals surface area contributed by atoms with E-state index < -0.39 is 17.2 Å². The molecule has 1 aliphatic rings. The van der Waals surface area contributed by atoms with Gasteiger partial charge in [0.05, 0.1) is 6.54 Å². The zero-order valence-corrected chi connectivity index (χ0v) is 12.9. The first-order valence-corrected chi connectivity index (χ1v) is 7.61. The fourth-order valence-electron chi connectivity index (χ4n) is 2.94. The van der Waals surface area contributed by atoms with Crippen molar-refractivity contribution >= 4 is 11.6 Å². The number of carbonyl (C=O) groups is 1. The first-order chi connectivity index (χ1) is 11.6. The van der Waals surface area contributed by atoms with Crippen molar-refractivity contribution in [2.75, 3.05) is 24.7 Å². The summed E-state index contributed by atoms with van der Waals surface area (Å²) in [6.07, 6.45) is 0.161. The highest BCUT2D eigenvalue weighted by molar-refractivity contribution is 5.95. The highest BCUT2D eigenvalue weighted by Crippen LogP contribution is 2.36. The molecular weight excluding hydrogens is 316 g/mol. The van der Waals surface area contributed by atoms with E-state index in [1.54, 1.807) is 17.0 Å². The number of aliphatic hydroxyl groups excluding tert-OH is 1. The molecule has 3 rings (SSSR count). The van der Waals surface area contributed by atoms with Gasteiger partial charge in [0.25, 0.3) is 5.91 Å². The minimum atomic E-state index is -1.09. The van der Waals surface area contributed by atoms with Crippen LogP contribution < -0.4 is 4.90 Å². The smallest absolute Gasteiger partial charge is 0.253 e. The maximum absolute atomic E-state index is 13.7. The molecule has 1 fully saturated rings. The zero-order valence-electron chi connectivity index (χ0n) is 12.9. The highest BCUT2D eigenvalue weighted by Gasteiger charge is 2.42. The predicted molar refractivity (Wildman–Crippen MR) is 84.5 cm³/mol. The third-order valence-electron chi connectivity index (χ3n) is 4.22. The van der Waals surface area contributed by atoms with Crippen LogP contribution in [0.15, 0.2) is 48.5 Å². The molecule has 0 radical (unpaired) electrons. The molecule has 6 heteroatoms. The first-order valence-electron chi connectivity index (χ1n) is 7.61. The lowest BCUT2D eigenvalue weighted by atomic mass is 9.88. The molecule has 0 spiro atoms. The number of anilines is 1. The number of rotatable bonds is 4. The Hall–Kier alpha value is -2.31. The van der Waals surface area contributed by atoms with E-state index in [0.29, 0.717) is 11.3 Å². The van der Waals surface area contributed by atoms with Gasteiger partial charge in [-0.05, 0) is 29.8 Å². The van der Waals surface area contributed by atoms with Crippen LogP contribution in [0.2, 0.25) is 0 Å². The van der Waals surface area contributed by atoms with Crippen molar-refractivity contribution in [3.63, 3.8) is 0 Å². The van der Waals surface area contributed by atoms with Crippen molar-refractivity contribution < 1.29 is 23.4 Å². The van der Waals surface area contributed by atoms with E-state index in [2.05, 4.69) is 0 Å². The van der Waals surface area contributed by atoms with Crippen LogP contribution in [-0.4, -0.2) is 30.8 Å². The van der Waals surface area contributed by atoms with Crippen molar-refractivity contribution in [1.82, 2.24) is 0 Å². The second-order valence-corrected chi connectivity index (χ2v) is 5.70. The van der Waals surface area contributed by atoms with E-state index in [4.69, 9.17) is 4.74 Å². The summed E-state index contributed by atoms with van der Waals surface area (Å²) in [6.45, 7) is -0.300. The van der Waals surface area contributed by atoms with Crippen LogP contribution in [0, 0.1) is 11.6 Å². The monoisotopic (exact) mass is 333 g/mol. The Kier molecular flexibility index (Phi) is 4.59. The SMILES string of the molecule is O=C1COC(CCO)(c2ccc(F)c(F)c2)CN1c1ccccc1. The van der Waals surface area contributed by atoms with E-state index in [0.717, 1.165) is 12.1 Å². The van der Waals surface area contributed by atoms with Crippen LogP contribution in [0.4, 0.5) is 14.5 Å². The van der Waals surface area contributed by atoms with Gasteiger partial charge in [-0.3, -0.25) is 4.79 Å². The normalized spacial score (nSPS) is 21.1. The molecule has 1 heterocycles. The van der Waals surface area contributed by atoms with Gasteiger partial charge in [0, 0.05) is 18.7 Å². The summed E-state index contributed by atoms with van der Waals surface area (Å²) in [6, 6.07) is 12.5. The lowest BCUT2D eigenvalue weighted by molar-refractivity contribution is -0.142. The van der Waals surface area contributed by atoms with Crippen LogP contribution in [0.3, 0.4) is 0 Å². The molecule has 2 aromatic carbocycles. The van der Waals surface area contributed by atoms with Gasteiger partial charge in [-0.25, -0.2) is 8.78 Å². The Morgan fingerprint density at radius 1 is 1.12 bits per heavy atom. The fourth-order valence-corrected chi connectivity index (χ4v) is 2.94. The van der Waals surface area contributed by atoms with Crippen LogP contribution in [0.1, 0.15) is 12.0 Å². The van der Waals surface area contributed by atoms with Crippen molar-refractivity contribution in [2.24, 2.45) is 0 Å².